The molecule has 0 saturated heterocycles. The maximum atomic E-state index is 12.8. The first-order valence-electron chi connectivity index (χ1n) is 6.53. The lowest BCUT2D eigenvalue weighted by Crippen LogP contribution is -2.23. The fourth-order valence-corrected chi connectivity index (χ4v) is 4.03. The summed E-state index contributed by atoms with van der Waals surface area (Å²) in [5.41, 5.74) is 3.10. The normalized spacial score (nSPS) is 17.2. The first kappa shape index (κ1) is 13.8. The number of fused-ring (bicyclic) bond motifs is 1. The lowest BCUT2D eigenvalue weighted by Gasteiger charge is -2.12. The van der Waals surface area contributed by atoms with Crippen LogP contribution in [0, 0.1) is 6.92 Å². The van der Waals surface area contributed by atoms with Gasteiger partial charge in [0.2, 0.25) is 0 Å². The van der Waals surface area contributed by atoms with Crippen LogP contribution in [-0.4, -0.2) is 21.1 Å². The molecule has 2 heterocycles. The Morgan fingerprint density at radius 3 is 2.70 bits per heavy atom. The van der Waals surface area contributed by atoms with Crippen LogP contribution in [0.15, 0.2) is 39.1 Å². The maximum absolute atomic E-state index is 12.8. The van der Waals surface area contributed by atoms with Gasteiger partial charge in [0, 0.05) is 11.7 Å². The Morgan fingerprint density at radius 1 is 1.35 bits per heavy atom. The van der Waals surface area contributed by atoms with E-state index in [1.54, 1.807) is 16.3 Å². The summed E-state index contributed by atoms with van der Waals surface area (Å²) in [6, 6.07) is 8.00. The molecule has 0 aliphatic carbocycles. The summed E-state index contributed by atoms with van der Waals surface area (Å²) in [6.07, 6.45) is 2.85. The molecular formula is C15H16N2OS2. The van der Waals surface area contributed by atoms with Crippen molar-refractivity contribution in [1.82, 2.24) is 9.55 Å². The minimum Gasteiger partial charge on any atom is -0.268 e. The number of benzene rings is 1. The number of aromatic nitrogens is 2. The molecular weight excluding hydrogens is 288 g/mol. The molecule has 3 nitrogen and oxygen atoms in total. The van der Waals surface area contributed by atoms with E-state index in [0.717, 1.165) is 27.9 Å². The van der Waals surface area contributed by atoms with E-state index in [4.69, 9.17) is 0 Å². The maximum Gasteiger partial charge on any atom is 0.272 e. The second kappa shape index (κ2) is 5.30. The van der Waals surface area contributed by atoms with Crippen LogP contribution in [0.4, 0.5) is 0 Å². The number of nitrogens with zero attached hydrogens (tertiary/aromatic N) is 2. The standard InChI is InChI=1S/C15H16N2OS2/c1-9-4-6-11(7-5-9)17-14(18)13-12(8-10(2)20-13)16-15(17)19-3/h4-7,10H,8H2,1-3H3/t10-/m0/s1. The second-order valence-corrected chi connectivity index (χ2v) is 7.21. The van der Waals surface area contributed by atoms with Crippen molar-refractivity contribution in [1.29, 1.82) is 0 Å². The van der Waals surface area contributed by atoms with Crippen LogP contribution in [0.25, 0.3) is 5.69 Å². The fourth-order valence-electron chi connectivity index (χ4n) is 2.36. The average molecular weight is 304 g/mol. The lowest BCUT2D eigenvalue weighted by atomic mass is 10.2. The van der Waals surface area contributed by atoms with Gasteiger partial charge in [0.1, 0.15) is 0 Å². The molecule has 1 aliphatic rings. The van der Waals surface area contributed by atoms with E-state index < -0.39 is 0 Å². The predicted octanol–water partition coefficient (Wildman–Crippen LogP) is 3.30. The molecule has 0 radical (unpaired) electrons. The van der Waals surface area contributed by atoms with Gasteiger partial charge in [-0.1, -0.05) is 36.4 Å². The van der Waals surface area contributed by atoms with Crippen molar-refractivity contribution < 1.29 is 0 Å². The lowest BCUT2D eigenvalue weighted by molar-refractivity contribution is 0.732. The predicted molar refractivity (Wildman–Crippen MR) is 85.4 cm³/mol. The number of thioether (sulfide) groups is 2. The molecule has 1 aliphatic heterocycles. The van der Waals surface area contributed by atoms with E-state index in [1.165, 1.54) is 17.3 Å². The van der Waals surface area contributed by atoms with E-state index in [9.17, 15) is 4.79 Å². The van der Waals surface area contributed by atoms with Crippen LogP contribution in [0.5, 0.6) is 0 Å². The molecule has 2 aromatic rings. The highest BCUT2D eigenvalue weighted by Crippen LogP contribution is 2.34. The molecule has 5 heteroatoms. The summed E-state index contributed by atoms with van der Waals surface area (Å²) < 4.78 is 1.73. The third-order valence-electron chi connectivity index (χ3n) is 3.36. The van der Waals surface area contributed by atoms with Gasteiger partial charge in [-0.2, -0.15) is 0 Å². The topological polar surface area (TPSA) is 34.9 Å². The van der Waals surface area contributed by atoms with Crippen molar-refractivity contribution in [2.75, 3.05) is 6.26 Å². The fraction of sp³-hybridized carbons (Fsp3) is 0.333. The minimum absolute atomic E-state index is 0.0672. The quantitative estimate of drug-likeness (QED) is 0.630. The van der Waals surface area contributed by atoms with Crippen LogP contribution >= 0.6 is 23.5 Å². The molecule has 1 aromatic heterocycles. The van der Waals surface area contributed by atoms with Gasteiger partial charge in [0.05, 0.1) is 16.3 Å². The SMILES string of the molecule is CSc1nc2c(c(=O)n1-c1ccc(C)cc1)S[C@@H](C)C2. The van der Waals surface area contributed by atoms with E-state index in [0.29, 0.717) is 5.25 Å². The smallest absolute Gasteiger partial charge is 0.268 e. The summed E-state index contributed by atoms with van der Waals surface area (Å²) in [7, 11) is 0. The van der Waals surface area contributed by atoms with Crippen molar-refractivity contribution in [3.8, 4) is 5.69 Å². The molecule has 1 atom stereocenters. The van der Waals surface area contributed by atoms with Gasteiger partial charge in [0.15, 0.2) is 5.16 Å². The van der Waals surface area contributed by atoms with Crippen LogP contribution in [0.2, 0.25) is 0 Å². The van der Waals surface area contributed by atoms with Crippen molar-refractivity contribution in [3.05, 3.63) is 45.9 Å². The first-order chi connectivity index (χ1) is 9.60. The summed E-state index contributed by atoms with van der Waals surface area (Å²) in [4.78, 5) is 18.3. The molecule has 104 valence electrons. The monoisotopic (exact) mass is 304 g/mol. The molecule has 0 N–H and O–H groups in total. The van der Waals surface area contributed by atoms with Gasteiger partial charge in [0.25, 0.3) is 5.56 Å². The van der Waals surface area contributed by atoms with E-state index in [2.05, 4.69) is 11.9 Å². The Balaban J connectivity index is 2.23. The Labute approximate surface area is 126 Å². The van der Waals surface area contributed by atoms with Gasteiger partial charge in [-0.25, -0.2) is 4.98 Å². The van der Waals surface area contributed by atoms with Crippen LogP contribution in [-0.2, 0) is 6.42 Å². The van der Waals surface area contributed by atoms with Crippen molar-refractivity contribution in [2.45, 2.75) is 35.6 Å². The summed E-state index contributed by atoms with van der Waals surface area (Å²) in [5.74, 6) is 0. The first-order valence-corrected chi connectivity index (χ1v) is 8.64. The molecule has 0 saturated carbocycles. The number of hydrogen-bond acceptors (Lipinski definition) is 4. The third kappa shape index (κ3) is 2.29. The van der Waals surface area contributed by atoms with Gasteiger partial charge < -0.3 is 0 Å². The summed E-state index contributed by atoms with van der Waals surface area (Å²) in [6.45, 7) is 4.18. The van der Waals surface area contributed by atoms with Gasteiger partial charge in [-0.15, -0.1) is 11.8 Å². The third-order valence-corrected chi connectivity index (χ3v) is 5.21. The van der Waals surface area contributed by atoms with Crippen LogP contribution in [0.3, 0.4) is 0 Å². The zero-order valence-electron chi connectivity index (χ0n) is 11.7. The van der Waals surface area contributed by atoms with Crippen molar-refractivity contribution >= 4 is 23.5 Å². The molecule has 0 unspecified atom stereocenters. The Hall–Kier alpha value is -1.20. The van der Waals surface area contributed by atoms with E-state index in [1.807, 2.05) is 37.4 Å². The number of rotatable bonds is 2. The zero-order valence-corrected chi connectivity index (χ0v) is 13.3. The molecule has 0 amide bonds. The highest BCUT2D eigenvalue weighted by Gasteiger charge is 2.26. The summed E-state index contributed by atoms with van der Waals surface area (Å²) >= 11 is 3.16. The highest BCUT2D eigenvalue weighted by atomic mass is 32.2. The molecule has 20 heavy (non-hydrogen) atoms. The Bertz CT molecular complexity index is 707. The van der Waals surface area contributed by atoms with Gasteiger partial charge >= 0.3 is 0 Å². The zero-order chi connectivity index (χ0) is 14.3. The van der Waals surface area contributed by atoms with Crippen molar-refractivity contribution in [3.63, 3.8) is 0 Å². The van der Waals surface area contributed by atoms with Gasteiger partial charge in [-0.3, -0.25) is 9.36 Å². The van der Waals surface area contributed by atoms with Crippen LogP contribution < -0.4 is 5.56 Å². The van der Waals surface area contributed by atoms with Gasteiger partial charge in [-0.05, 0) is 25.3 Å². The minimum atomic E-state index is 0.0672. The van der Waals surface area contributed by atoms with E-state index in [-0.39, 0.29) is 5.56 Å². The molecule has 3 rings (SSSR count). The Morgan fingerprint density at radius 2 is 2.05 bits per heavy atom. The summed E-state index contributed by atoms with van der Waals surface area (Å²) in [5, 5.41) is 1.21. The highest BCUT2D eigenvalue weighted by molar-refractivity contribution is 8.00. The molecule has 0 fully saturated rings. The average Bonchev–Trinajstić information content (AvgIpc) is 2.81. The molecule has 1 aromatic carbocycles. The number of aryl methyl sites for hydroxylation is 1. The Kier molecular flexibility index (Phi) is 3.65. The largest absolute Gasteiger partial charge is 0.272 e. The van der Waals surface area contributed by atoms with E-state index >= 15 is 0 Å². The molecule has 0 spiro atoms. The second-order valence-electron chi connectivity index (χ2n) is 4.98. The number of hydrogen-bond donors (Lipinski definition) is 0. The van der Waals surface area contributed by atoms with Crippen LogP contribution in [0.1, 0.15) is 18.2 Å². The molecule has 0 bridgehead atoms. The van der Waals surface area contributed by atoms with Crippen molar-refractivity contribution in [2.24, 2.45) is 0 Å².